The summed E-state index contributed by atoms with van der Waals surface area (Å²) in [6.45, 7) is 2.31. The van der Waals surface area contributed by atoms with Crippen LogP contribution < -0.4 is 4.90 Å². The van der Waals surface area contributed by atoms with Crippen molar-refractivity contribution in [1.29, 1.82) is 0 Å². The van der Waals surface area contributed by atoms with Gasteiger partial charge in [0.25, 0.3) is 0 Å². The topological polar surface area (TPSA) is 42.4 Å². The lowest BCUT2D eigenvalue weighted by molar-refractivity contribution is 0.178. The number of rotatable bonds is 2. The molecule has 1 aromatic rings. The Morgan fingerprint density at radius 1 is 1.86 bits per heavy atom. The summed E-state index contributed by atoms with van der Waals surface area (Å²) in [5.41, 5.74) is 0. The predicted octanol–water partition coefficient (Wildman–Crippen LogP) is 2.02. The number of carbonyl (C=O) groups is 1. The van der Waals surface area contributed by atoms with E-state index in [2.05, 4.69) is 4.98 Å². The fourth-order valence-corrected chi connectivity index (χ4v) is 2.06. The molecule has 0 unspecified atom stereocenters. The van der Waals surface area contributed by atoms with Crippen LogP contribution in [0.1, 0.15) is 13.3 Å². The number of thiazole rings is 1. The second kappa shape index (κ2) is 3.53. The van der Waals surface area contributed by atoms with Gasteiger partial charge in [-0.05, 0) is 6.42 Å². The normalized spacial score (nSPS) is 21.4. The van der Waals surface area contributed by atoms with E-state index < -0.39 is 11.2 Å². The molecule has 1 aliphatic heterocycles. The first-order valence-electron chi connectivity index (χ1n) is 4.29. The lowest BCUT2D eigenvalue weighted by atomic mass is 10.2. The average Bonchev–Trinajstić information content (AvgIpc) is 2.71. The van der Waals surface area contributed by atoms with Gasteiger partial charge >= 0.3 is 6.09 Å². The van der Waals surface area contributed by atoms with Crippen LogP contribution in [0.25, 0.3) is 0 Å². The zero-order valence-corrected chi connectivity index (χ0v) is 8.38. The van der Waals surface area contributed by atoms with Gasteiger partial charge in [-0.3, -0.25) is 0 Å². The minimum absolute atomic E-state index is 0.0203. The van der Waals surface area contributed by atoms with Crippen LogP contribution >= 0.6 is 11.3 Å². The summed E-state index contributed by atoms with van der Waals surface area (Å²) in [4.78, 5) is 16.5. The summed E-state index contributed by atoms with van der Waals surface area (Å²) in [7, 11) is 0. The zero-order chi connectivity index (χ0) is 10.1. The largest absolute Gasteiger partial charge is 0.447 e. The minimum Gasteiger partial charge on any atom is -0.447 e. The van der Waals surface area contributed by atoms with Crippen LogP contribution in [0.4, 0.5) is 14.3 Å². The first kappa shape index (κ1) is 9.39. The molecule has 0 N–H and O–H groups in total. The van der Waals surface area contributed by atoms with Gasteiger partial charge in [-0.15, -0.1) is 0 Å². The van der Waals surface area contributed by atoms with Gasteiger partial charge in [0.15, 0.2) is 10.3 Å². The zero-order valence-electron chi connectivity index (χ0n) is 7.57. The Morgan fingerprint density at radius 3 is 3.21 bits per heavy atom. The Kier molecular flexibility index (Phi) is 2.37. The van der Waals surface area contributed by atoms with E-state index in [1.807, 2.05) is 6.92 Å². The summed E-state index contributed by atoms with van der Waals surface area (Å²) in [6.07, 6.45) is 1.44. The highest BCUT2D eigenvalue weighted by molar-refractivity contribution is 7.14. The summed E-state index contributed by atoms with van der Waals surface area (Å²) in [5.74, 6) is 0. The molecule has 4 nitrogen and oxygen atoms in total. The third kappa shape index (κ3) is 1.45. The highest BCUT2D eigenvalue weighted by atomic mass is 32.1. The van der Waals surface area contributed by atoms with Crippen molar-refractivity contribution in [3.63, 3.8) is 0 Å². The minimum atomic E-state index is -0.439. The molecule has 1 aromatic heterocycles. The highest BCUT2D eigenvalue weighted by Crippen LogP contribution is 2.28. The first-order valence-corrected chi connectivity index (χ1v) is 5.11. The van der Waals surface area contributed by atoms with Crippen molar-refractivity contribution in [3.8, 4) is 0 Å². The van der Waals surface area contributed by atoms with Crippen LogP contribution in [0, 0.1) is 5.13 Å². The van der Waals surface area contributed by atoms with E-state index in [0.29, 0.717) is 11.7 Å². The first-order chi connectivity index (χ1) is 6.72. The fraction of sp³-hybridized carbons (Fsp3) is 0.500. The maximum atomic E-state index is 12.7. The SMILES string of the molecule is CC[C@H]1COC(=O)N1c1ncc(F)s1. The molecule has 6 heteroatoms. The summed E-state index contributed by atoms with van der Waals surface area (Å²) < 4.78 is 17.6. The van der Waals surface area contributed by atoms with Gasteiger partial charge in [0, 0.05) is 0 Å². The molecular weight excluding hydrogens is 207 g/mol. The maximum Gasteiger partial charge on any atom is 0.416 e. The standard InChI is InChI=1S/C8H9FN2O2S/c1-2-5-4-13-8(12)11(5)7-10-3-6(9)14-7/h3,5H,2,4H2,1H3/t5-/m0/s1. The van der Waals surface area contributed by atoms with Crippen molar-refractivity contribution in [2.45, 2.75) is 19.4 Å². The van der Waals surface area contributed by atoms with Gasteiger partial charge in [0.2, 0.25) is 0 Å². The van der Waals surface area contributed by atoms with Crippen LogP contribution in [0.2, 0.25) is 0 Å². The van der Waals surface area contributed by atoms with Crippen molar-refractivity contribution in [2.75, 3.05) is 11.5 Å². The predicted molar refractivity (Wildman–Crippen MR) is 50.0 cm³/mol. The van der Waals surface area contributed by atoms with E-state index in [4.69, 9.17) is 4.74 Å². The van der Waals surface area contributed by atoms with Gasteiger partial charge in [0.1, 0.15) is 6.61 Å². The lowest BCUT2D eigenvalue weighted by Crippen LogP contribution is -2.32. The smallest absolute Gasteiger partial charge is 0.416 e. The molecule has 14 heavy (non-hydrogen) atoms. The van der Waals surface area contributed by atoms with Gasteiger partial charge in [0.05, 0.1) is 12.2 Å². The average molecular weight is 216 g/mol. The van der Waals surface area contributed by atoms with Gasteiger partial charge < -0.3 is 4.74 Å². The molecule has 1 aliphatic rings. The van der Waals surface area contributed by atoms with E-state index in [0.717, 1.165) is 24.0 Å². The molecule has 1 amide bonds. The van der Waals surface area contributed by atoms with E-state index >= 15 is 0 Å². The molecule has 0 saturated carbocycles. The second-order valence-electron chi connectivity index (χ2n) is 2.96. The third-order valence-corrected chi connectivity index (χ3v) is 2.89. The number of hydrogen-bond donors (Lipinski definition) is 0. The summed E-state index contributed by atoms with van der Waals surface area (Å²) in [6, 6.07) is -0.0203. The summed E-state index contributed by atoms with van der Waals surface area (Å²) in [5, 5.41) is -0.0218. The van der Waals surface area contributed by atoms with Crippen LogP contribution in [-0.4, -0.2) is 23.7 Å². The Morgan fingerprint density at radius 2 is 2.64 bits per heavy atom. The molecule has 76 valence electrons. The number of halogens is 1. The van der Waals surface area contributed by atoms with Gasteiger partial charge in [-0.1, -0.05) is 18.3 Å². The number of anilines is 1. The van der Waals surface area contributed by atoms with E-state index in [1.165, 1.54) is 4.90 Å². The van der Waals surface area contributed by atoms with Crippen molar-refractivity contribution >= 4 is 22.6 Å². The highest BCUT2D eigenvalue weighted by Gasteiger charge is 2.34. The number of aromatic nitrogens is 1. The monoisotopic (exact) mass is 216 g/mol. The van der Waals surface area contributed by atoms with E-state index in [9.17, 15) is 9.18 Å². The molecule has 2 heterocycles. The van der Waals surface area contributed by atoms with Gasteiger partial charge in [-0.2, -0.15) is 4.39 Å². The molecule has 0 bridgehead atoms. The Labute approximate surface area is 84.3 Å². The van der Waals surface area contributed by atoms with Crippen LogP contribution in [0.5, 0.6) is 0 Å². The number of ether oxygens (including phenoxy) is 1. The lowest BCUT2D eigenvalue weighted by Gasteiger charge is -2.15. The molecule has 1 saturated heterocycles. The third-order valence-electron chi connectivity index (χ3n) is 2.10. The Hall–Kier alpha value is -1.17. The molecule has 0 aromatic carbocycles. The molecule has 0 radical (unpaired) electrons. The number of amides is 1. The van der Waals surface area contributed by atoms with E-state index in [-0.39, 0.29) is 6.04 Å². The van der Waals surface area contributed by atoms with Crippen molar-refractivity contribution < 1.29 is 13.9 Å². The number of nitrogens with zero attached hydrogens (tertiary/aromatic N) is 2. The molecule has 1 atom stereocenters. The van der Waals surface area contributed by atoms with Crippen molar-refractivity contribution in [3.05, 3.63) is 11.3 Å². The summed E-state index contributed by atoms with van der Waals surface area (Å²) >= 11 is 0.855. The maximum absolute atomic E-state index is 12.7. The molecule has 2 rings (SSSR count). The fourth-order valence-electron chi connectivity index (χ4n) is 1.35. The van der Waals surface area contributed by atoms with E-state index in [1.54, 1.807) is 0 Å². The number of cyclic esters (lactones) is 1. The number of carbonyl (C=O) groups excluding carboxylic acids is 1. The molecule has 0 spiro atoms. The van der Waals surface area contributed by atoms with Crippen LogP contribution in [-0.2, 0) is 4.74 Å². The van der Waals surface area contributed by atoms with Crippen molar-refractivity contribution in [2.24, 2.45) is 0 Å². The van der Waals surface area contributed by atoms with Gasteiger partial charge in [-0.25, -0.2) is 14.7 Å². The Balaban J connectivity index is 2.27. The van der Waals surface area contributed by atoms with Crippen LogP contribution in [0.3, 0.4) is 0 Å². The Bertz CT molecular complexity index is 355. The molecule has 0 aliphatic carbocycles. The van der Waals surface area contributed by atoms with Crippen LogP contribution in [0.15, 0.2) is 6.20 Å². The molecule has 1 fully saturated rings. The number of hydrogen-bond acceptors (Lipinski definition) is 4. The quantitative estimate of drug-likeness (QED) is 0.759. The van der Waals surface area contributed by atoms with Crippen molar-refractivity contribution in [1.82, 2.24) is 4.98 Å². The molecular formula is C8H9FN2O2S. The second-order valence-corrected chi connectivity index (χ2v) is 3.92.